The zero-order chi connectivity index (χ0) is 15.5. The molecule has 1 atom stereocenters. The Bertz CT molecular complexity index is 555. The minimum Gasteiger partial charge on any atom is -0.497 e. The third-order valence-corrected chi connectivity index (χ3v) is 5.92. The summed E-state index contributed by atoms with van der Waals surface area (Å²) in [6.45, 7) is 1.15. The van der Waals surface area contributed by atoms with E-state index in [0.717, 1.165) is 25.0 Å². The average Bonchev–Trinajstić information content (AvgIpc) is 2.73. The molecule has 118 valence electrons. The van der Waals surface area contributed by atoms with E-state index in [2.05, 4.69) is 0 Å². The van der Waals surface area contributed by atoms with Crippen molar-refractivity contribution in [2.75, 3.05) is 34.3 Å². The Hall–Kier alpha value is -1.11. The van der Waals surface area contributed by atoms with Gasteiger partial charge in [-0.2, -0.15) is 17.0 Å². The maximum Gasteiger partial charge on any atom is 0.281 e. The van der Waals surface area contributed by atoms with Gasteiger partial charge >= 0.3 is 0 Å². The van der Waals surface area contributed by atoms with Crippen molar-refractivity contribution in [3.05, 3.63) is 29.8 Å². The fourth-order valence-electron chi connectivity index (χ4n) is 2.70. The van der Waals surface area contributed by atoms with Crippen LogP contribution in [0.1, 0.15) is 30.7 Å². The quantitative estimate of drug-likeness (QED) is 0.855. The fourth-order valence-corrected chi connectivity index (χ4v) is 3.89. The van der Waals surface area contributed by atoms with Gasteiger partial charge in [-0.3, -0.25) is 0 Å². The van der Waals surface area contributed by atoms with Gasteiger partial charge in [0.15, 0.2) is 0 Å². The van der Waals surface area contributed by atoms with E-state index in [1.807, 2.05) is 24.3 Å². The Labute approximate surface area is 127 Å². The molecule has 0 radical (unpaired) electrons. The van der Waals surface area contributed by atoms with Crippen LogP contribution >= 0.6 is 0 Å². The number of ether oxygens (including phenoxy) is 1. The van der Waals surface area contributed by atoms with Crippen LogP contribution in [-0.2, 0) is 10.2 Å². The molecular weight excluding hydrogens is 288 g/mol. The van der Waals surface area contributed by atoms with Crippen LogP contribution in [0.2, 0.25) is 0 Å². The van der Waals surface area contributed by atoms with Gasteiger partial charge in [0.25, 0.3) is 10.2 Å². The van der Waals surface area contributed by atoms with Crippen molar-refractivity contribution in [2.45, 2.75) is 25.2 Å². The molecular formula is C15H24N2O3S. The fraction of sp³-hybridized carbons (Fsp3) is 0.600. The van der Waals surface area contributed by atoms with E-state index < -0.39 is 10.2 Å². The molecule has 1 aromatic carbocycles. The lowest BCUT2D eigenvalue weighted by atomic mass is 9.94. The number of hydrogen-bond acceptors (Lipinski definition) is 3. The van der Waals surface area contributed by atoms with Gasteiger partial charge in [0.1, 0.15) is 5.75 Å². The lowest BCUT2D eigenvalue weighted by Crippen LogP contribution is -2.41. The van der Waals surface area contributed by atoms with Crippen LogP contribution in [0, 0.1) is 0 Å². The van der Waals surface area contributed by atoms with Crippen molar-refractivity contribution in [1.29, 1.82) is 0 Å². The molecule has 6 heteroatoms. The Kier molecular flexibility index (Phi) is 5.24. The van der Waals surface area contributed by atoms with Crippen molar-refractivity contribution < 1.29 is 13.2 Å². The molecule has 0 aliphatic carbocycles. The van der Waals surface area contributed by atoms with Crippen LogP contribution in [0.4, 0.5) is 0 Å². The van der Waals surface area contributed by atoms with E-state index in [0.29, 0.717) is 13.1 Å². The summed E-state index contributed by atoms with van der Waals surface area (Å²) in [6.07, 6.45) is 2.99. The van der Waals surface area contributed by atoms with E-state index in [1.165, 1.54) is 9.87 Å². The van der Waals surface area contributed by atoms with Crippen LogP contribution in [-0.4, -0.2) is 51.3 Å². The first kappa shape index (κ1) is 16.3. The van der Waals surface area contributed by atoms with Gasteiger partial charge in [0.2, 0.25) is 0 Å². The van der Waals surface area contributed by atoms with Gasteiger partial charge in [-0.1, -0.05) is 18.6 Å². The lowest BCUT2D eigenvalue weighted by molar-refractivity contribution is 0.371. The first-order valence-corrected chi connectivity index (χ1v) is 8.66. The number of benzene rings is 1. The number of hydrogen-bond donors (Lipinski definition) is 0. The molecule has 1 fully saturated rings. The van der Waals surface area contributed by atoms with Gasteiger partial charge in [0.05, 0.1) is 7.11 Å². The molecule has 1 aromatic rings. The highest BCUT2D eigenvalue weighted by Gasteiger charge is 2.29. The normalized spacial score (nSPS) is 21.2. The van der Waals surface area contributed by atoms with Gasteiger partial charge in [-0.15, -0.1) is 0 Å². The molecule has 5 nitrogen and oxygen atoms in total. The predicted octanol–water partition coefficient (Wildman–Crippen LogP) is 2.07. The van der Waals surface area contributed by atoms with E-state index in [4.69, 9.17) is 4.74 Å². The topological polar surface area (TPSA) is 49.9 Å². The first-order valence-electron chi connectivity index (χ1n) is 7.26. The average molecular weight is 312 g/mol. The molecule has 0 saturated carbocycles. The summed E-state index contributed by atoms with van der Waals surface area (Å²) in [5.74, 6) is 1.07. The highest BCUT2D eigenvalue weighted by atomic mass is 32.2. The van der Waals surface area contributed by atoms with Gasteiger partial charge in [0, 0.05) is 27.2 Å². The van der Waals surface area contributed by atoms with Crippen LogP contribution in [0.15, 0.2) is 24.3 Å². The van der Waals surface area contributed by atoms with Crippen LogP contribution < -0.4 is 4.74 Å². The summed E-state index contributed by atoms with van der Waals surface area (Å²) in [5.41, 5.74) is 1.18. The van der Waals surface area contributed by atoms with Crippen molar-refractivity contribution >= 4 is 10.2 Å². The van der Waals surface area contributed by atoms with Gasteiger partial charge in [-0.05, 0) is 36.5 Å². The maximum absolute atomic E-state index is 12.3. The molecule has 1 unspecified atom stereocenters. The Morgan fingerprint density at radius 3 is 2.43 bits per heavy atom. The summed E-state index contributed by atoms with van der Waals surface area (Å²) in [4.78, 5) is 0. The smallest absolute Gasteiger partial charge is 0.281 e. The first-order chi connectivity index (χ1) is 9.95. The number of rotatable bonds is 4. The van der Waals surface area contributed by atoms with Crippen LogP contribution in [0.3, 0.4) is 0 Å². The molecule has 2 rings (SSSR count). The summed E-state index contributed by atoms with van der Waals surface area (Å²) < 4.78 is 32.8. The second-order valence-corrected chi connectivity index (χ2v) is 7.76. The van der Waals surface area contributed by atoms with E-state index in [9.17, 15) is 8.42 Å². The molecule has 1 aliphatic rings. The summed E-state index contributed by atoms with van der Waals surface area (Å²) >= 11 is 0. The van der Waals surface area contributed by atoms with E-state index in [-0.39, 0.29) is 5.92 Å². The SMILES string of the molecule is COc1ccc(C2CCCCN(S(=O)(=O)N(C)C)C2)cc1. The Morgan fingerprint density at radius 1 is 1.19 bits per heavy atom. The van der Waals surface area contributed by atoms with Crippen molar-refractivity contribution in [1.82, 2.24) is 8.61 Å². The number of methoxy groups -OCH3 is 1. The molecule has 1 saturated heterocycles. The van der Waals surface area contributed by atoms with E-state index >= 15 is 0 Å². The van der Waals surface area contributed by atoms with Crippen LogP contribution in [0.25, 0.3) is 0 Å². The standard InChI is InChI=1S/C15H24N2O3S/c1-16(2)21(18,19)17-11-5-4-6-14(12-17)13-7-9-15(20-3)10-8-13/h7-10,14H,4-6,11-12H2,1-3H3. The monoisotopic (exact) mass is 312 g/mol. The summed E-state index contributed by atoms with van der Waals surface area (Å²) in [7, 11) is 1.48. The molecule has 0 bridgehead atoms. The summed E-state index contributed by atoms with van der Waals surface area (Å²) in [6, 6.07) is 7.95. The lowest BCUT2D eigenvalue weighted by Gasteiger charge is -2.26. The van der Waals surface area contributed by atoms with Gasteiger partial charge < -0.3 is 4.74 Å². The van der Waals surface area contributed by atoms with Crippen LogP contribution in [0.5, 0.6) is 5.75 Å². The van der Waals surface area contributed by atoms with Gasteiger partial charge in [-0.25, -0.2) is 0 Å². The van der Waals surface area contributed by atoms with E-state index in [1.54, 1.807) is 25.5 Å². The molecule has 0 aromatic heterocycles. The van der Waals surface area contributed by atoms with Crippen molar-refractivity contribution in [2.24, 2.45) is 0 Å². The Morgan fingerprint density at radius 2 is 1.86 bits per heavy atom. The molecule has 1 heterocycles. The van der Waals surface area contributed by atoms with Crippen molar-refractivity contribution in [3.8, 4) is 5.75 Å². The van der Waals surface area contributed by atoms with Crippen molar-refractivity contribution in [3.63, 3.8) is 0 Å². The molecule has 0 amide bonds. The predicted molar refractivity (Wildman–Crippen MR) is 83.8 cm³/mol. The minimum atomic E-state index is -3.34. The maximum atomic E-state index is 12.3. The third-order valence-electron chi connectivity index (χ3n) is 4.01. The molecule has 0 spiro atoms. The molecule has 0 N–H and O–H groups in total. The molecule has 21 heavy (non-hydrogen) atoms. The zero-order valence-corrected chi connectivity index (χ0v) is 13.8. The second-order valence-electron chi connectivity index (χ2n) is 5.61. The third kappa shape index (κ3) is 3.75. The highest BCUT2D eigenvalue weighted by molar-refractivity contribution is 7.86. The highest BCUT2D eigenvalue weighted by Crippen LogP contribution is 2.29. The summed E-state index contributed by atoms with van der Waals surface area (Å²) in [5, 5.41) is 0. The number of nitrogens with zero attached hydrogens (tertiary/aromatic N) is 2. The zero-order valence-electron chi connectivity index (χ0n) is 12.9. The molecule has 1 aliphatic heterocycles. The Balaban J connectivity index is 2.19. The minimum absolute atomic E-state index is 0.244. The largest absolute Gasteiger partial charge is 0.497 e. The second kappa shape index (κ2) is 6.77.